The maximum Gasteiger partial charge on any atom is 0.469 e. The molecule has 264 valence electrons. The molecule has 18 heteroatoms. The summed E-state index contributed by atoms with van der Waals surface area (Å²) in [7, 11) is -9.03. The fraction of sp³-hybridized carbons (Fsp3) is 0.387. The number of hydrogen-bond acceptors (Lipinski definition) is 10. The first-order valence-corrected chi connectivity index (χ1v) is 18.9. The Balaban J connectivity index is 1.30. The zero-order valence-electron chi connectivity index (χ0n) is 26.3. The van der Waals surface area contributed by atoms with Crippen molar-refractivity contribution in [3.8, 4) is 5.75 Å². The number of nitrogens with one attached hydrogen (secondary N) is 1. The van der Waals surface area contributed by atoms with E-state index in [4.69, 9.17) is 30.9 Å². The van der Waals surface area contributed by atoms with Crippen LogP contribution in [0.5, 0.6) is 5.75 Å². The molecule has 0 spiro atoms. The van der Waals surface area contributed by atoms with Crippen LogP contribution in [0.15, 0.2) is 59.5 Å². The highest BCUT2D eigenvalue weighted by Crippen LogP contribution is 2.46. The average molecular weight is 739 g/mol. The Labute approximate surface area is 287 Å². The third-order valence-electron chi connectivity index (χ3n) is 8.11. The molecule has 2 aliphatic heterocycles. The van der Waals surface area contributed by atoms with Crippen LogP contribution in [0, 0.1) is 10.1 Å². The quantitative estimate of drug-likeness (QED) is 0.0512. The molecule has 1 amide bonds. The molecule has 0 radical (unpaired) electrons. The fourth-order valence-corrected chi connectivity index (χ4v) is 7.39. The second-order valence-electron chi connectivity index (χ2n) is 11.4. The predicted molar refractivity (Wildman–Crippen MR) is 182 cm³/mol. The number of alkyl halides is 1. The monoisotopic (exact) mass is 738 g/mol. The first-order valence-electron chi connectivity index (χ1n) is 15.4. The van der Waals surface area contributed by atoms with Gasteiger partial charge in [-0.05, 0) is 53.3 Å². The van der Waals surface area contributed by atoms with E-state index >= 15 is 0 Å². The molecule has 1 fully saturated rings. The summed E-state index contributed by atoms with van der Waals surface area (Å²) in [6, 6.07) is 12.4. The normalized spacial score (nSPS) is 17.1. The molecule has 15 nitrogen and oxygen atoms in total. The van der Waals surface area contributed by atoms with Crippen molar-refractivity contribution in [2.24, 2.45) is 0 Å². The summed E-state index contributed by atoms with van der Waals surface area (Å²) in [5, 5.41) is 12.6. The number of anilines is 1. The molecule has 5 rings (SSSR count). The lowest BCUT2D eigenvalue weighted by molar-refractivity contribution is -0.383. The van der Waals surface area contributed by atoms with Gasteiger partial charge in [0.05, 0.1) is 47.3 Å². The Morgan fingerprint density at radius 2 is 1.86 bits per heavy atom. The number of sulfonamides is 1. The van der Waals surface area contributed by atoms with Crippen LogP contribution in [-0.2, 0) is 28.6 Å². The van der Waals surface area contributed by atoms with Crippen molar-refractivity contribution >= 4 is 63.6 Å². The molecule has 1 atom stereocenters. The van der Waals surface area contributed by atoms with Crippen LogP contribution in [0.2, 0.25) is 0 Å². The lowest BCUT2D eigenvalue weighted by Crippen LogP contribution is -2.37. The minimum Gasteiger partial charge on any atom is -0.494 e. The SMILES string of the molecule is O=C(/C=C/c1ccc(OCCCN2CCOCC2)cc1)N1CC(CCl)c2c1cc([N+](=O)[O-])c1cc(S(=O)(=O)NCCOP(=O)(O)O)ccc21. The summed E-state index contributed by atoms with van der Waals surface area (Å²) in [5.74, 6) is 0.0145. The zero-order chi connectivity index (χ0) is 35.2. The van der Waals surface area contributed by atoms with Crippen molar-refractivity contribution in [2.45, 2.75) is 17.2 Å². The van der Waals surface area contributed by atoms with Gasteiger partial charge in [0.1, 0.15) is 5.75 Å². The van der Waals surface area contributed by atoms with Crippen molar-refractivity contribution in [2.75, 3.05) is 69.9 Å². The molecule has 49 heavy (non-hydrogen) atoms. The van der Waals surface area contributed by atoms with E-state index < -0.39 is 47.5 Å². The standard InChI is InChI=1S/C31H36ClN4O11PS/c32-20-23-21-35(30(37)9-4-22-2-5-24(6-3-22)46-14-1-11-34-12-16-45-17-13-34)29-19-28(36(38)39)27-18-25(7-8-26(27)31(23)29)49(43,44)33-10-15-47-48(40,41)42/h2-9,18-19,23,33H,1,10-17,20-21H2,(H2,40,41,42)/b9-4+. The summed E-state index contributed by atoms with van der Waals surface area (Å²) in [5.41, 5.74) is 1.23. The van der Waals surface area contributed by atoms with Crippen molar-refractivity contribution in [3.63, 3.8) is 0 Å². The number of carbonyl (C=O) groups is 1. The Bertz CT molecular complexity index is 1870. The first kappa shape index (κ1) is 36.8. The molecular formula is C31H36ClN4O11PS. The molecule has 0 aliphatic carbocycles. The van der Waals surface area contributed by atoms with Gasteiger partial charge in [0.2, 0.25) is 10.0 Å². The van der Waals surface area contributed by atoms with Gasteiger partial charge in [0.25, 0.3) is 11.6 Å². The van der Waals surface area contributed by atoms with Gasteiger partial charge in [-0.1, -0.05) is 18.2 Å². The number of morpholine rings is 1. The van der Waals surface area contributed by atoms with Crippen LogP contribution in [0.1, 0.15) is 23.5 Å². The summed E-state index contributed by atoms with van der Waals surface area (Å²) in [4.78, 5) is 46.0. The van der Waals surface area contributed by atoms with Crippen molar-refractivity contribution < 1.29 is 46.5 Å². The second kappa shape index (κ2) is 16.1. The van der Waals surface area contributed by atoms with Crippen LogP contribution < -0.4 is 14.4 Å². The molecule has 2 aliphatic rings. The van der Waals surface area contributed by atoms with Gasteiger partial charge in [-0.3, -0.25) is 24.3 Å². The van der Waals surface area contributed by atoms with E-state index in [1.165, 1.54) is 29.2 Å². The van der Waals surface area contributed by atoms with E-state index in [0.717, 1.165) is 50.9 Å². The summed E-state index contributed by atoms with van der Waals surface area (Å²) in [6.45, 7) is 4.00. The summed E-state index contributed by atoms with van der Waals surface area (Å²) in [6.07, 6.45) is 3.91. The average Bonchev–Trinajstić information content (AvgIpc) is 3.46. The number of hydrogen-bond donors (Lipinski definition) is 3. The molecule has 0 aromatic heterocycles. The second-order valence-corrected chi connectivity index (χ2v) is 14.7. The predicted octanol–water partition coefficient (Wildman–Crippen LogP) is 3.62. The lowest BCUT2D eigenvalue weighted by atomic mass is 9.95. The number of benzene rings is 3. The number of halogens is 1. The van der Waals surface area contributed by atoms with Crippen LogP contribution in [0.4, 0.5) is 11.4 Å². The molecule has 3 aromatic carbocycles. The highest BCUT2D eigenvalue weighted by molar-refractivity contribution is 7.89. The van der Waals surface area contributed by atoms with Crippen molar-refractivity contribution in [1.82, 2.24) is 9.62 Å². The number of carbonyl (C=O) groups excluding carboxylic acids is 1. The van der Waals surface area contributed by atoms with Crippen LogP contribution >= 0.6 is 19.4 Å². The minimum absolute atomic E-state index is 0.0291. The molecule has 0 bridgehead atoms. The van der Waals surface area contributed by atoms with Gasteiger partial charge in [0.15, 0.2) is 0 Å². The number of phosphoric acid groups is 1. The maximum atomic E-state index is 13.4. The highest BCUT2D eigenvalue weighted by Gasteiger charge is 2.36. The molecule has 3 N–H and O–H groups in total. The van der Waals surface area contributed by atoms with Crippen LogP contribution in [-0.4, -0.2) is 99.0 Å². The van der Waals surface area contributed by atoms with Gasteiger partial charge in [-0.15, -0.1) is 11.6 Å². The summed E-state index contributed by atoms with van der Waals surface area (Å²) < 4.78 is 54.2. The Morgan fingerprint density at radius 1 is 1.12 bits per heavy atom. The van der Waals surface area contributed by atoms with E-state index in [2.05, 4.69) is 14.1 Å². The van der Waals surface area contributed by atoms with Gasteiger partial charge < -0.3 is 24.2 Å². The number of amides is 1. The largest absolute Gasteiger partial charge is 0.494 e. The Hall–Kier alpha value is -3.44. The Morgan fingerprint density at radius 3 is 2.53 bits per heavy atom. The number of phosphoric ester groups is 1. The number of nitro groups is 1. The van der Waals surface area contributed by atoms with Gasteiger partial charge in [-0.2, -0.15) is 0 Å². The molecular weight excluding hydrogens is 703 g/mol. The zero-order valence-corrected chi connectivity index (χ0v) is 28.7. The van der Waals surface area contributed by atoms with Crippen LogP contribution in [0.25, 0.3) is 16.8 Å². The third kappa shape index (κ3) is 9.42. The first-order chi connectivity index (χ1) is 23.4. The molecule has 0 saturated carbocycles. The van der Waals surface area contributed by atoms with Crippen molar-refractivity contribution in [1.29, 1.82) is 0 Å². The van der Waals surface area contributed by atoms with E-state index in [-0.39, 0.29) is 28.6 Å². The lowest BCUT2D eigenvalue weighted by Gasteiger charge is -2.26. The topological polar surface area (TPSA) is 198 Å². The van der Waals surface area contributed by atoms with E-state index in [0.29, 0.717) is 29.0 Å². The maximum absolute atomic E-state index is 13.4. The fourth-order valence-electron chi connectivity index (χ4n) is 5.77. The van der Waals surface area contributed by atoms with Gasteiger partial charge in [0, 0.05) is 56.7 Å². The number of non-ortho nitro benzene ring substituents is 1. The Kier molecular flexibility index (Phi) is 12.1. The van der Waals surface area contributed by atoms with Crippen LogP contribution in [0.3, 0.4) is 0 Å². The molecule has 1 saturated heterocycles. The number of ether oxygens (including phenoxy) is 2. The van der Waals surface area contributed by atoms with E-state index in [1.54, 1.807) is 6.08 Å². The third-order valence-corrected chi connectivity index (χ3v) is 10.5. The molecule has 1 unspecified atom stereocenters. The molecule has 3 aromatic rings. The summed E-state index contributed by atoms with van der Waals surface area (Å²) >= 11 is 6.31. The number of fused-ring (bicyclic) bond motifs is 3. The molecule has 2 heterocycles. The van der Waals surface area contributed by atoms with E-state index in [1.807, 2.05) is 24.3 Å². The highest BCUT2D eigenvalue weighted by atomic mass is 35.5. The van der Waals surface area contributed by atoms with E-state index in [9.17, 15) is 27.9 Å². The smallest absolute Gasteiger partial charge is 0.469 e. The van der Waals surface area contributed by atoms with Gasteiger partial charge in [-0.25, -0.2) is 17.7 Å². The number of nitrogens with zero attached hydrogens (tertiary/aromatic N) is 3. The number of rotatable bonds is 15. The minimum atomic E-state index is -4.79. The number of nitro benzene ring substituents is 1. The van der Waals surface area contributed by atoms with Crippen molar-refractivity contribution in [3.05, 3.63) is 75.8 Å². The van der Waals surface area contributed by atoms with Gasteiger partial charge >= 0.3 is 7.82 Å².